The first kappa shape index (κ1) is 14.8. The van der Waals surface area contributed by atoms with Crippen LogP contribution >= 0.6 is 0 Å². The van der Waals surface area contributed by atoms with E-state index in [-0.39, 0.29) is 18.0 Å². The summed E-state index contributed by atoms with van der Waals surface area (Å²) in [5.41, 5.74) is 5.82. The lowest BCUT2D eigenvalue weighted by molar-refractivity contribution is -0.138. The van der Waals surface area contributed by atoms with E-state index in [2.05, 4.69) is 0 Å². The summed E-state index contributed by atoms with van der Waals surface area (Å²) in [5.74, 6) is 0. The molecule has 5 heteroatoms. The van der Waals surface area contributed by atoms with Gasteiger partial charge in [-0.05, 0) is 38.0 Å². The van der Waals surface area contributed by atoms with E-state index >= 15 is 0 Å². The third kappa shape index (κ3) is 3.63. The van der Waals surface area contributed by atoms with Crippen LogP contribution < -0.4 is 10.6 Å². The van der Waals surface area contributed by atoms with Crippen LogP contribution in [0, 0.1) is 0 Å². The molecule has 1 atom stereocenters. The van der Waals surface area contributed by atoms with Gasteiger partial charge in [0, 0.05) is 25.3 Å². The normalized spacial score (nSPS) is 13.5. The number of anilines is 1. The number of hydrogen-bond acceptors (Lipinski definition) is 2. The Bertz CT molecular complexity index is 400. The average Bonchev–Trinajstić information content (AvgIpc) is 2.26. The minimum absolute atomic E-state index is 0.227. The van der Waals surface area contributed by atoms with Crippen LogP contribution in [0.15, 0.2) is 18.2 Å². The molecule has 18 heavy (non-hydrogen) atoms. The summed E-state index contributed by atoms with van der Waals surface area (Å²) in [4.78, 5) is 1.77. The maximum absolute atomic E-state index is 13.0. The molecule has 102 valence electrons. The first-order valence-electron chi connectivity index (χ1n) is 5.92. The number of rotatable bonds is 4. The lowest BCUT2D eigenvalue weighted by Gasteiger charge is -2.21. The van der Waals surface area contributed by atoms with Crippen molar-refractivity contribution in [3.63, 3.8) is 0 Å². The van der Waals surface area contributed by atoms with E-state index in [4.69, 9.17) is 5.73 Å². The van der Waals surface area contributed by atoms with Crippen LogP contribution in [-0.2, 0) is 12.6 Å². The Morgan fingerprint density at radius 2 is 1.94 bits per heavy atom. The minimum Gasteiger partial charge on any atom is -0.375 e. The van der Waals surface area contributed by atoms with Gasteiger partial charge in [0.15, 0.2) is 0 Å². The van der Waals surface area contributed by atoms with E-state index < -0.39 is 11.7 Å². The van der Waals surface area contributed by atoms with Crippen molar-refractivity contribution in [2.45, 2.75) is 32.5 Å². The van der Waals surface area contributed by atoms with Gasteiger partial charge in [-0.2, -0.15) is 13.2 Å². The summed E-state index contributed by atoms with van der Waals surface area (Å²) in [5, 5.41) is 0. The zero-order chi connectivity index (χ0) is 13.9. The Hall–Kier alpha value is -1.23. The topological polar surface area (TPSA) is 29.3 Å². The molecule has 0 spiro atoms. The minimum atomic E-state index is -4.34. The molecular formula is C13H19F3N2. The van der Waals surface area contributed by atoms with Crippen molar-refractivity contribution in [1.82, 2.24) is 0 Å². The van der Waals surface area contributed by atoms with Gasteiger partial charge in [0.1, 0.15) is 0 Å². The molecule has 2 N–H and O–H groups in total. The maximum atomic E-state index is 13.0. The summed E-state index contributed by atoms with van der Waals surface area (Å²) in [6.07, 6.45) is -4.11. The van der Waals surface area contributed by atoms with Crippen LogP contribution in [-0.4, -0.2) is 19.6 Å². The number of hydrogen-bond donors (Lipinski definition) is 1. The highest BCUT2D eigenvalue weighted by atomic mass is 19.4. The Kier molecular flexibility index (Phi) is 4.62. The highest BCUT2D eigenvalue weighted by molar-refractivity contribution is 5.51. The fourth-order valence-electron chi connectivity index (χ4n) is 1.77. The molecule has 0 fully saturated rings. The molecule has 0 bridgehead atoms. The summed E-state index contributed by atoms with van der Waals surface area (Å²) in [7, 11) is 1.76. The molecule has 0 saturated heterocycles. The highest BCUT2D eigenvalue weighted by Crippen LogP contribution is 2.34. The van der Waals surface area contributed by atoms with Crippen molar-refractivity contribution < 1.29 is 13.2 Å². The Labute approximate surface area is 106 Å². The van der Waals surface area contributed by atoms with Gasteiger partial charge < -0.3 is 10.6 Å². The smallest absolute Gasteiger partial charge is 0.375 e. The molecule has 0 aliphatic heterocycles. The molecule has 0 aliphatic rings. The van der Waals surface area contributed by atoms with Gasteiger partial charge in [-0.1, -0.05) is 6.07 Å². The van der Waals surface area contributed by atoms with Crippen LogP contribution in [0.25, 0.3) is 0 Å². The maximum Gasteiger partial charge on any atom is 0.416 e. The predicted molar refractivity (Wildman–Crippen MR) is 67.7 cm³/mol. The second-order valence-electron chi connectivity index (χ2n) is 4.53. The monoisotopic (exact) mass is 260 g/mol. The average molecular weight is 260 g/mol. The van der Waals surface area contributed by atoms with Crippen molar-refractivity contribution in [3.05, 3.63) is 29.3 Å². The van der Waals surface area contributed by atoms with Gasteiger partial charge in [-0.25, -0.2) is 0 Å². The number of alkyl halides is 3. The lowest BCUT2D eigenvalue weighted by Crippen LogP contribution is -2.22. The predicted octanol–water partition coefficient (Wildman–Crippen LogP) is 3.05. The molecule has 0 amide bonds. The quantitative estimate of drug-likeness (QED) is 0.901. The highest BCUT2D eigenvalue weighted by Gasteiger charge is 2.33. The van der Waals surface area contributed by atoms with E-state index in [1.807, 2.05) is 6.92 Å². The molecule has 0 aliphatic carbocycles. The Morgan fingerprint density at radius 1 is 1.33 bits per heavy atom. The van der Waals surface area contributed by atoms with E-state index in [0.717, 1.165) is 0 Å². The van der Waals surface area contributed by atoms with Gasteiger partial charge in [0.05, 0.1) is 5.56 Å². The molecule has 1 aromatic rings. The van der Waals surface area contributed by atoms with Crippen LogP contribution in [0.1, 0.15) is 25.0 Å². The molecule has 2 nitrogen and oxygen atoms in total. The number of nitrogens with two attached hydrogens (primary N) is 1. The SMILES string of the molecule is CCN(C)c1ccc(CC(C)N)c(C(F)(F)F)c1. The molecular weight excluding hydrogens is 241 g/mol. The third-order valence-electron chi connectivity index (χ3n) is 2.86. The third-order valence-corrected chi connectivity index (χ3v) is 2.86. The second-order valence-corrected chi connectivity index (χ2v) is 4.53. The van der Waals surface area contributed by atoms with Crippen molar-refractivity contribution in [2.75, 3.05) is 18.5 Å². The van der Waals surface area contributed by atoms with Crippen LogP contribution in [0.3, 0.4) is 0 Å². The lowest BCUT2D eigenvalue weighted by atomic mass is 10.00. The molecule has 1 rings (SSSR count). The van der Waals surface area contributed by atoms with Gasteiger partial charge in [-0.15, -0.1) is 0 Å². The largest absolute Gasteiger partial charge is 0.416 e. The molecule has 1 aromatic carbocycles. The Balaban J connectivity index is 3.21. The Morgan fingerprint density at radius 3 is 2.39 bits per heavy atom. The molecule has 0 saturated carbocycles. The van der Waals surface area contributed by atoms with Gasteiger partial charge in [-0.3, -0.25) is 0 Å². The number of halogens is 3. The van der Waals surface area contributed by atoms with Crippen molar-refractivity contribution in [1.29, 1.82) is 0 Å². The van der Waals surface area contributed by atoms with E-state index in [1.165, 1.54) is 12.1 Å². The molecule has 0 aromatic heterocycles. The van der Waals surface area contributed by atoms with E-state index in [1.54, 1.807) is 24.9 Å². The van der Waals surface area contributed by atoms with E-state index in [9.17, 15) is 13.2 Å². The zero-order valence-electron chi connectivity index (χ0n) is 10.9. The van der Waals surface area contributed by atoms with Crippen molar-refractivity contribution in [3.8, 4) is 0 Å². The second kappa shape index (κ2) is 5.61. The van der Waals surface area contributed by atoms with Crippen molar-refractivity contribution in [2.24, 2.45) is 5.73 Å². The fraction of sp³-hybridized carbons (Fsp3) is 0.538. The summed E-state index contributed by atoms with van der Waals surface area (Å²) in [6.45, 7) is 4.25. The molecule has 1 unspecified atom stereocenters. The van der Waals surface area contributed by atoms with E-state index in [0.29, 0.717) is 12.2 Å². The summed E-state index contributed by atoms with van der Waals surface area (Å²) < 4.78 is 39.0. The van der Waals surface area contributed by atoms with Gasteiger partial charge in [0.25, 0.3) is 0 Å². The van der Waals surface area contributed by atoms with Crippen molar-refractivity contribution >= 4 is 5.69 Å². The van der Waals surface area contributed by atoms with Gasteiger partial charge >= 0.3 is 6.18 Å². The van der Waals surface area contributed by atoms with Crippen LogP contribution in [0.5, 0.6) is 0 Å². The summed E-state index contributed by atoms with van der Waals surface area (Å²) >= 11 is 0. The molecule has 0 radical (unpaired) electrons. The van der Waals surface area contributed by atoms with Crippen LogP contribution in [0.4, 0.5) is 18.9 Å². The zero-order valence-corrected chi connectivity index (χ0v) is 10.9. The first-order valence-corrected chi connectivity index (χ1v) is 5.92. The molecule has 0 heterocycles. The fourth-order valence-corrected chi connectivity index (χ4v) is 1.77. The standard InChI is InChI=1S/C13H19F3N2/c1-4-18(3)11-6-5-10(7-9(2)17)12(8-11)13(14,15)16/h5-6,8-9H,4,7,17H2,1-3H3. The van der Waals surface area contributed by atoms with Crippen LogP contribution in [0.2, 0.25) is 0 Å². The summed E-state index contributed by atoms with van der Waals surface area (Å²) in [6, 6.07) is 4.13. The first-order chi connectivity index (χ1) is 8.25. The number of nitrogens with zero attached hydrogens (tertiary/aromatic N) is 1. The number of benzene rings is 1. The van der Waals surface area contributed by atoms with Gasteiger partial charge in [0.2, 0.25) is 0 Å².